The molecule has 2 heterocycles. The van der Waals surface area contributed by atoms with Crippen LogP contribution >= 0.6 is 11.6 Å². The number of nitrogens with zero attached hydrogens (tertiary/aromatic N) is 1. The maximum atomic E-state index is 13.3. The van der Waals surface area contributed by atoms with Gasteiger partial charge in [0.2, 0.25) is 0 Å². The first-order chi connectivity index (χ1) is 17.8. The number of halogens is 4. The maximum Gasteiger partial charge on any atom is 0.416 e. The van der Waals surface area contributed by atoms with Crippen molar-refractivity contribution in [2.24, 2.45) is 0 Å². The van der Waals surface area contributed by atoms with Crippen molar-refractivity contribution in [2.45, 2.75) is 25.4 Å². The summed E-state index contributed by atoms with van der Waals surface area (Å²) >= 11 is 6.03. The quantitative estimate of drug-likeness (QED) is 0.238. The number of alkyl halides is 3. The predicted octanol–water partition coefficient (Wildman–Crippen LogP) is 7.20. The fraction of sp³-hybridized carbons (Fsp3) is 0.276. The average Bonchev–Trinajstić information content (AvgIpc) is 3.39. The first kappa shape index (κ1) is 25.4. The molecule has 0 aliphatic carbocycles. The van der Waals surface area contributed by atoms with Crippen molar-refractivity contribution in [2.75, 3.05) is 26.2 Å². The first-order valence-corrected chi connectivity index (χ1v) is 12.5. The van der Waals surface area contributed by atoms with Gasteiger partial charge in [0.05, 0.1) is 11.1 Å². The van der Waals surface area contributed by atoms with Crippen LogP contribution in [0.1, 0.15) is 29.5 Å². The summed E-state index contributed by atoms with van der Waals surface area (Å²) in [5, 5.41) is 0.953. The highest BCUT2D eigenvalue weighted by atomic mass is 35.5. The third-order valence-corrected chi connectivity index (χ3v) is 6.91. The largest absolute Gasteiger partial charge is 0.492 e. The molecule has 1 fully saturated rings. The molecule has 3 aromatic carbocycles. The lowest BCUT2D eigenvalue weighted by Crippen LogP contribution is -2.25. The van der Waals surface area contributed by atoms with Crippen molar-refractivity contribution in [3.63, 3.8) is 0 Å². The van der Waals surface area contributed by atoms with Gasteiger partial charge in [-0.05, 0) is 85.4 Å². The molecule has 1 aliphatic heterocycles. The van der Waals surface area contributed by atoms with Gasteiger partial charge in [0.15, 0.2) is 0 Å². The minimum Gasteiger partial charge on any atom is -0.492 e. The van der Waals surface area contributed by atoms with Gasteiger partial charge >= 0.3 is 11.8 Å². The minimum atomic E-state index is -4.55. The van der Waals surface area contributed by atoms with E-state index in [0.717, 1.165) is 43.1 Å². The molecule has 1 aliphatic rings. The third kappa shape index (κ3) is 5.84. The van der Waals surface area contributed by atoms with Crippen LogP contribution < -0.4 is 10.4 Å². The fourth-order valence-corrected chi connectivity index (χ4v) is 4.87. The Morgan fingerprint density at radius 2 is 1.65 bits per heavy atom. The highest BCUT2D eigenvalue weighted by molar-refractivity contribution is 6.30. The molecule has 0 radical (unpaired) electrons. The van der Waals surface area contributed by atoms with Gasteiger partial charge < -0.3 is 9.15 Å². The smallest absolute Gasteiger partial charge is 0.416 e. The monoisotopic (exact) mass is 527 g/mol. The molecular weight excluding hydrogens is 503 g/mol. The number of hydrogen-bond acceptors (Lipinski definition) is 4. The van der Waals surface area contributed by atoms with Crippen LogP contribution in [0.5, 0.6) is 5.75 Å². The molecule has 37 heavy (non-hydrogen) atoms. The summed E-state index contributed by atoms with van der Waals surface area (Å²) in [6.07, 6.45) is -1.76. The van der Waals surface area contributed by atoms with Crippen molar-refractivity contribution >= 4 is 22.6 Å². The van der Waals surface area contributed by atoms with Gasteiger partial charge in [0.1, 0.15) is 17.9 Å². The van der Waals surface area contributed by atoms with Crippen LogP contribution in [0.3, 0.4) is 0 Å². The molecule has 1 saturated heterocycles. The summed E-state index contributed by atoms with van der Waals surface area (Å²) < 4.78 is 51.2. The van der Waals surface area contributed by atoms with Crippen LogP contribution in [0, 0.1) is 0 Å². The van der Waals surface area contributed by atoms with Crippen LogP contribution in [-0.4, -0.2) is 31.1 Å². The van der Waals surface area contributed by atoms with E-state index in [1.165, 1.54) is 18.9 Å². The van der Waals surface area contributed by atoms with Gasteiger partial charge in [-0.15, -0.1) is 0 Å². The van der Waals surface area contributed by atoms with Crippen molar-refractivity contribution < 1.29 is 22.3 Å². The molecule has 0 unspecified atom stereocenters. The number of hydrogen-bond donors (Lipinski definition) is 0. The molecule has 4 nitrogen and oxygen atoms in total. The van der Waals surface area contributed by atoms with Gasteiger partial charge in [-0.1, -0.05) is 41.9 Å². The Morgan fingerprint density at radius 1 is 0.946 bits per heavy atom. The SMILES string of the molecule is O=c1oc2cc(C(F)(F)F)ccc2c(Cc2ccc(OCCN3CCCC3)cc2)c1-c1ccc(Cl)cc1. The second-order valence-corrected chi connectivity index (χ2v) is 9.61. The fourth-order valence-electron chi connectivity index (χ4n) is 4.74. The highest BCUT2D eigenvalue weighted by Crippen LogP contribution is 2.35. The molecule has 0 atom stereocenters. The normalized spacial score (nSPS) is 14.4. The molecule has 0 amide bonds. The number of ether oxygens (including phenoxy) is 1. The Hall–Kier alpha value is -3.29. The molecule has 192 valence electrons. The van der Waals surface area contributed by atoms with Crippen LogP contribution in [-0.2, 0) is 12.6 Å². The summed E-state index contributed by atoms with van der Waals surface area (Å²) in [5.41, 5.74) is 0.676. The third-order valence-electron chi connectivity index (χ3n) is 6.65. The second-order valence-electron chi connectivity index (χ2n) is 9.18. The Labute approximate surface area is 217 Å². The summed E-state index contributed by atoms with van der Waals surface area (Å²) in [7, 11) is 0. The van der Waals surface area contributed by atoms with E-state index in [-0.39, 0.29) is 5.58 Å². The standard InChI is InChI=1S/C29H25ClF3NO3/c30-22-8-5-20(6-9-22)27-25(24-12-7-21(29(31,32)33)18-26(24)37-28(27)35)17-19-3-10-23(11-4-19)36-16-15-34-13-1-2-14-34/h3-12,18H,1-2,13-17H2. The van der Waals surface area contributed by atoms with Gasteiger partial charge in [0.25, 0.3) is 0 Å². The van der Waals surface area contributed by atoms with E-state index in [9.17, 15) is 18.0 Å². The van der Waals surface area contributed by atoms with E-state index in [1.807, 2.05) is 24.3 Å². The van der Waals surface area contributed by atoms with Crippen molar-refractivity contribution in [1.82, 2.24) is 4.90 Å². The number of likely N-dealkylation sites (tertiary alicyclic amines) is 1. The lowest BCUT2D eigenvalue weighted by molar-refractivity contribution is -0.137. The van der Waals surface area contributed by atoms with E-state index < -0.39 is 17.4 Å². The molecule has 8 heteroatoms. The highest BCUT2D eigenvalue weighted by Gasteiger charge is 2.31. The molecule has 0 spiro atoms. The van der Waals surface area contributed by atoms with Gasteiger partial charge in [-0.3, -0.25) is 4.90 Å². The lowest BCUT2D eigenvalue weighted by Gasteiger charge is -2.15. The zero-order valence-electron chi connectivity index (χ0n) is 20.0. The van der Waals surface area contributed by atoms with Gasteiger partial charge in [-0.2, -0.15) is 13.2 Å². The predicted molar refractivity (Wildman–Crippen MR) is 138 cm³/mol. The Morgan fingerprint density at radius 3 is 2.32 bits per heavy atom. The van der Waals surface area contributed by atoms with E-state index >= 15 is 0 Å². The average molecular weight is 528 g/mol. The van der Waals surface area contributed by atoms with Gasteiger partial charge in [-0.25, -0.2) is 4.79 Å². The van der Waals surface area contributed by atoms with E-state index in [1.54, 1.807) is 24.3 Å². The lowest BCUT2D eigenvalue weighted by atomic mass is 9.93. The van der Waals surface area contributed by atoms with Crippen molar-refractivity contribution in [3.8, 4) is 16.9 Å². The molecular formula is C29H25ClF3NO3. The summed E-state index contributed by atoms with van der Waals surface area (Å²) in [4.78, 5) is 15.4. The molecule has 4 aromatic rings. The van der Waals surface area contributed by atoms with E-state index in [2.05, 4.69) is 4.90 Å². The number of fused-ring (bicyclic) bond motifs is 1. The molecule has 0 saturated carbocycles. The number of benzene rings is 3. The molecule has 1 aromatic heterocycles. The van der Waals surface area contributed by atoms with Crippen LogP contribution in [0.2, 0.25) is 5.02 Å². The van der Waals surface area contributed by atoms with Crippen molar-refractivity contribution in [1.29, 1.82) is 0 Å². The first-order valence-electron chi connectivity index (χ1n) is 12.1. The van der Waals surface area contributed by atoms with Crippen LogP contribution in [0.25, 0.3) is 22.1 Å². The molecule has 0 bridgehead atoms. The van der Waals surface area contributed by atoms with Crippen molar-refractivity contribution in [3.05, 3.63) is 98.9 Å². The Balaban J connectivity index is 1.48. The maximum absolute atomic E-state index is 13.3. The summed E-state index contributed by atoms with van der Waals surface area (Å²) in [5.74, 6) is 0.744. The summed E-state index contributed by atoms with van der Waals surface area (Å²) in [6, 6.07) is 17.5. The van der Waals surface area contributed by atoms with Crippen LogP contribution in [0.4, 0.5) is 13.2 Å². The second kappa shape index (κ2) is 10.6. The zero-order valence-corrected chi connectivity index (χ0v) is 20.7. The summed E-state index contributed by atoms with van der Waals surface area (Å²) in [6.45, 7) is 3.72. The Bertz CT molecular complexity index is 1440. The molecule has 0 N–H and O–H groups in total. The minimum absolute atomic E-state index is 0.102. The van der Waals surface area contributed by atoms with E-state index in [4.69, 9.17) is 20.8 Å². The Kier molecular flexibility index (Phi) is 7.26. The molecule has 5 rings (SSSR count). The van der Waals surface area contributed by atoms with Crippen LogP contribution in [0.15, 0.2) is 75.9 Å². The zero-order chi connectivity index (χ0) is 26.0. The van der Waals surface area contributed by atoms with E-state index in [0.29, 0.717) is 40.1 Å². The van der Waals surface area contributed by atoms with Gasteiger partial charge in [0, 0.05) is 17.0 Å². The topological polar surface area (TPSA) is 42.7 Å². The number of rotatable bonds is 7.